The van der Waals surface area contributed by atoms with Crippen molar-refractivity contribution >= 4 is 28.3 Å². The van der Waals surface area contributed by atoms with Gasteiger partial charge in [0.25, 0.3) is 0 Å². The average Bonchev–Trinajstić information content (AvgIpc) is 2.96. The fourth-order valence-electron chi connectivity index (χ4n) is 3.91. The summed E-state index contributed by atoms with van der Waals surface area (Å²) in [7, 11) is -3.64. The lowest BCUT2D eigenvalue weighted by atomic mass is 9.93. The summed E-state index contributed by atoms with van der Waals surface area (Å²) in [5, 5.41) is 13.2. The van der Waals surface area contributed by atoms with Crippen LogP contribution in [-0.2, 0) is 14.8 Å². The van der Waals surface area contributed by atoms with E-state index in [1.807, 2.05) is 0 Å². The first-order valence-electron chi connectivity index (χ1n) is 9.33. The largest absolute Gasteiger partial charge is 0.352 e. The number of hydrogen-bond acceptors (Lipinski definition) is 5. The lowest BCUT2D eigenvalue weighted by Crippen LogP contribution is -2.53. The van der Waals surface area contributed by atoms with Crippen LogP contribution in [-0.4, -0.2) is 61.0 Å². The van der Waals surface area contributed by atoms with Crippen molar-refractivity contribution in [2.45, 2.75) is 51.0 Å². The quantitative estimate of drug-likeness (QED) is 0.673. The predicted molar refractivity (Wildman–Crippen MR) is 105 cm³/mol. The molecule has 3 unspecified atom stereocenters. The Morgan fingerprint density at radius 1 is 1.30 bits per heavy atom. The monoisotopic (exact) mass is 419 g/mol. The van der Waals surface area contributed by atoms with Gasteiger partial charge in [-0.2, -0.15) is 9.40 Å². The summed E-state index contributed by atoms with van der Waals surface area (Å²) in [5.74, 6) is 0.0890. The van der Waals surface area contributed by atoms with Gasteiger partial charge in [0.2, 0.25) is 15.9 Å². The molecule has 0 radical (unpaired) electrons. The predicted octanol–water partition coefficient (Wildman–Crippen LogP) is 0.963. The Hall–Kier alpha value is -1.16. The third-order valence-electron chi connectivity index (χ3n) is 5.57. The molecule has 27 heavy (non-hydrogen) atoms. The maximum Gasteiger partial charge on any atom is 0.246 e. The van der Waals surface area contributed by atoms with E-state index in [0.717, 1.165) is 25.9 Å². The van der Waals surface area contributed by atoms with Crippen LogP contribution in [0.15, 0.2) is 4.90 Å². The Morgan fingerprint density at radius 2 is 2.04 bits per heavy atom. The van der Waals surface area contributed by atoms with Gasteiger partial charge in [-0.1, -0.05) is 6.92 Å². The minimum atomic E-state index is -3.64. The zero-order chi connectivity index (χ0) is 18.9. The number of carbonyl (C=O) groups is 1. The Balaban J connectivity index is 0.00000261. The van der Waals surface area contributed by atoms with E-state index in [1.165, 1.54) is 4.31 Å². The number of sulfonamides is 1. The molecule has 154 valence electrons. The normalized spacial score (nSPS) is 27.0. The van der Waals surface area contributed by atoms with E-state index >= 15 is 0 Å². The highest BCUT2D eigenvalue weighted by Crippen LogP contribution is 2.27. The summed E-state index contributed by atoms with van der Waals surface area (Å²) in [5.41, 5.74) is 1.01. The summed E-state index contributed by atoms with van der Waals surface area (Å²) in [6.07, 6.45) is 2.44. The molecule has 3 rings (SSSR count). The lowest BCUT2D eigenvalue weighted by Gasteiger charge is -2.34. The van der Waals surface area contributed by atoms with Crippen molar-refractivity contribution in [2.24, 2.45) is 11.8 Å². The minimum Gasteiger partial charge on any atom is -0.352 e. The van der Waals surface area contributed by atoms with E-state index in [-0.39, 0.29) is 41.7 Å². The van der Waals surface area contributed by atoms with Crippen molar-refractivity contribution in [2.75, 3.05) is 26.2 Å². The molecule has 2 saturated heterocycles. The summed E-state index contributed by atoms with van der Waals surface area (Å²) >= 11 is 0. The number of nitrogens with one attached hydrogen (secondary N) is 3. The number of nitrogens with zero attached hydrogens (tertiary/aromatic N) is 2. The Labute approximate surface area is 167 Å². The van der Waals surface area contributed by atoms with Crippen LogP contribution in [0, 0.1) is 25.7 Å². The molecule has 2 aliphatic heterocycles. The number of H-pyrrole nitrogens is 1. The van der Waals surface area contributed by atoms with Gasteiger partial charge in [0.1, 0.15) is 4.90 Å². The maximum absolute atomic E-state index is 13.0. The average molecular weight is 420 g/mol. The van der Waals surface area contributed by atoms with Crippen molar-refractivity contribution in [3.63, 3.8) is 0 Å². The molecule has 2 aliphatic rings. The molecule has 3 N–H and O–H groups in total. The summed E-state index contributed by atoms with van der Waals surface area (Å²) in [6.45, 7) is 7.96. The zero-order valence-corrected chi connectivity index (χ0v) is 17.8. The number of halogens is 1. The SMILES string of the molecule is Cc1n[nH]c(C)c1S(=O)(=O)N1CCCC(C(=O)NC2CNCCC2C)C1.Cl. The Bertz CT molecular complexity index is 747. The van der Waals surface area contributed by atoms with E-state index in [1.54, 1.807) is 13.8 Å². The molecule has 1 aromatic rings. The fraction of sp³-hybridized carbons (Fsp3) is 0.765. The van der Waals surface area contributed by atoms with Gasteiger partial charge in [-0.15, -0.1) is 12.4 Å². The van der Waals surface area contributed by atoms with Crippen molar-refractivity contribution < 1.29 is 13.2 Å². The molecule has 3 heterocycles. The standard InChI is InChI=1S/C17H29N5O3S.ClH/c1-11-6-7-18-9-15(11)19-17(23)14-5-4-8-22(10-14)26(24,25)16-12(2)20-21-13(16)3;/h11,14-15,18H,4-10H2,1-3H3,(H,19,23)(H,20,21);1H. The zero-order valence-electron chi connectivity index (χ0n) is 16.1. The van der Waals surface area contributed by atoms with Gasteiger partial charge >= 0.3 is 0 Å². The van der Waals surface area contributed by atoms with Gasteiger partial charge in [-0.25, -0.2) is 8.42 Å². The van der Waals surface area contributed by atoms with Crippen LogP contribution in [0.5, 0.6) is 0 Å². The third kappa shape index (κ3) is 4.64. The highest BCUT2D eigenvalue weighted by Gasteiger charge is 2.36. The number of piperidine rings is 2. The minimum absolute atomic E-state index is 0. The van der Waals surface area contributed by atoms with Crippen LogP contribution in [0.2, 0.25) is 0 Å². The first kappa shape index (κ1) is 22.1. The lowest BCUT2D eigenvalue weighted by molar-refractivity contribution is -0.127. The van der Waals surface area contributed by atoms with Crippen molar-refractivity contribution in [1.82, 2.24) is 25.1 Å². The highest BCUT2D eigenvalue weighted by molar-refractivity contribution is 7.89. The number of hydrogen-bond donors (Lipinski definition) is 3. The molecule has 0 aliphatic carbocycles. The van der Waals surface area contributed by atoms with Crippen molar-refractivity contribution in [1.29, 1.82) is 0 Å². The number of aromatic amines is 1. The van der Waals surface area contributed by atoms with E-state index in [0.29, 0.717) is 30.3 Å². The molecule has 10 heteroatoms. The number of rotatable bonds is 4. The second-order valence-electron chi connectivity index (χ2n) is 7.55. The number of amides is 1. The Morgan fingerprint density at radius 3 is 2.67 bits per heavy atom. The summed E-state index contributed by atoms with van der Waals surface area (Å²) < 4.78 is 27.5. The molecule has 2 fully saturated rings. The molecule has 1 aromatic heterocycles. The molecule has 1 amide bonds. The van der Waals surface area contributed by atoms with Crippen molar-refractivity contribution in [3.8, 4) is 0 Å². The van der Waals surface area contributed by atoms with Gasteiger partial charge in [0, 0.05) is 25.7 Å². The molecular formula is C17H30ClN5O3S. The molecule has 8 nitrogen and oxygen atoms in total. The van der Waals surface area contributed by atoms with Crippen LogP contribution < -0.4 is 10.6 Å². The molecule has 3 atom stereocenters. The second kappa shape index (κ2) is 8.89. The van der Waals surface area contributed by atoms with Crippen LogP contribution in [0.25, 0.3) is 0 Å². The Kier molecular flexibility index (Phi) is 7.29. The first-order valence-corrected chi connectivity index (χ1v) is 10.8. The third-order valence-corrected chi connectivity index (χ3v) is 7.70. The summed E-state index contributed by atoms with van der Waals surface area (Å²) in [6, 6.07) is 0.113. The molecule has 0 bridgehead atoms. The highest BCUT2D eigenvalue weighted by atomic mass is 35.5. The van der Waals surface area contributed by atoms with Gasteiger partial charge in [0.15, 0.2) is 0 Å². The van der Waals surface area contributed by atoms with E-state index in [2.05, 4.69) is 27.8 Å². The van der Waals surface area contributed by atoms with E-state index < -0.39 is 10.0 Å². The van der Waals surface area contributed by atoms with Crippen LogP contribution in [0.1, 0.15) is 37.6 Å². The van der Waals surface area contributed by atoms with E-state index in [9.17, 15) is 13.2 Å². The molecule has 0 aromatic carbocycles. The summed E-state index contributed by atoms with van der Waals surface area (Å²) in [4.78, 5) is 13.0. The maximum atomic E-state index is 13.0. The molecule has 0 spiro atoms. The van der Waals surface area contributed by atoms with E-state index in [4.69, 9.17) is 0 Å². The van der Waals surface area contributed by atoms with Gasteiger partial charge in [0.05, 0.1) is 17.3 Å². The number of carbonyl (C=O) groups excluding carboxylic acids is 1. The number of aromatic nitrogens is 2. The number of aryl methyl sites for hydroxylation is 2. The molecule has 0 saturated carbocycles. The van der Waals surface area contributed by atoms with Gasteiger partial charge in [-0.3, -0.25) is 9.89 Å². The fourth-order valence-corrected chi connectivity index (χ4v) is 5.76. The van der Waals surface area contributed by atoms with Gasteiger partial charge < -0.3 is 10.6 Å². The van der Waals surface area contributed by atoms with Gasteiger partial charge in [-0.05, 0) is 45.6 Å². The topological polar surface area (TPSA) is 107 Å². The van der Waals surface area contributed by atoms with Crippen LogP contribution in [0.4, 0.5) is 0 Å². The van der Waals surface area contributed by atoms with Crippen LogP contribution >= 0.6 is 12.4 Å². The first-order chi connectivity index (χ1) is 12.3. The molecular weight excluding hydrogens is 390 g/mol. The smallest absolute Gasteiger partial charge is 0.246 e. The second-order valence-corrected chi connectivity index (χ2v) is 9.43. The van der Waals surface area contributed by atoms with Crippen molar-refractivity contribution in [3.05, 3.63) is 11.4 Å². The van der Waals surface area contributed by atoms with Crippen LogP contribution in [0.3, 0.4) is 0 Å².